The number of nitrogens with one attached hydrogen (secondary N) is 2. The van der Waals surface area contributed by atoms with Crippen LogP contribution in [0.15, 0.2) is 35.0 Å². The van der Waals surface area contributed by atoms with E-state index < -0.39 is 0 Å². The molecule has 0 saturated carbocycles. The zero-order valence-electron chi connectivity index (χ0n) is 17.1. The molecule has 1 atom stereocenters. The lowest BCUT2D eigenvalue weighted by Crippen LogP contribution is -2.46. The first kappa shape index (κ1) is 18.6. The molecule has 154 valence electrons. The van der Waals surface area contributed by atoms with Gasteiger partial charge < -0.3 is 19.9 Å². The highest BCUT2D eigenvalue weighted by molar-refractivity contribution is 5.75. The van der Waals surface area contributed by atoms with Gasteiger partial charge in [0.2, 0.25) is 0 Å². The number of aromatic nitrogens is 5. The van der Waals surface area contributed by atoms with Crippen LogP contribution in [-0.2, 0) is 0 Å². The van der Waals surface area contributed by atoms with Crippen LogP contribution in [0.4, 0.5) is 11.6 Å². The molecule has 1 aliphatic rings. The van der Waals surface area contributed by atoms with Gasteiger partial charge in [0.15, 0.2) is 5.82 Å². The molecule has 1 aliphatic heterocycles. The van der Waals surface area contributed by atoms with Crippen molar-refractivity contribution in [1.29, 1.82) is 0 Å². The van der Waals surface area contributed by atoms with Gasteiger partial charge >= 0.3 is 0 Å². The molecule has 5 heterocycles. The van der Waals surface area contributed by atoms with E-state index in [0.717, 1.165) is 52.7 Å². The van der Waals surface area contributed by atoms with Gasteiger partial charge in [0.25, 0.3) is 5.88 Å². The number of nitrogens with zero attached hydrogens (tertiary/aromatic N) is 5. The maximum atomic E-state index is 5.92. The second-order valence-corrected chi connectivity index (χ2v) is 7.55. The van der Waals surface area contributed by atoms with E-state index in [0.29, 0.717) is 24.3 Å². The molecular weight excluding hydrogens is 382 g/mol. The molecule has 4 aromatic heterocycles. The quantitative estimate of drug-likeness (QED) is 0.504. The first-order chi connectivity index (χ1) is 14.5. The molecule has 9 heteroatoms. The van der Waals surface area contributed by atoms with Gasteiger partial charge in [-0.25, -0.2) is 14.5 Å². The predicted octanol–water partition coefficient (Wildman–Crippen LogP) is 3.19. The number of hydrogen-bond acceptors (Lipinski definition) is 8. The van der Waals surface area contributed by atoms with Crippen LogP contribution in [0.2, 0.25) is 0 Å². The molecule has 9 nitrogen and oxygen atoms in total. The summed E-state index contributed by atoms with van der Waals surface area (Å²) in [6.07, 6.45) is 3.03. The SMILES string of the molecule is Cc1cc(Nc2cc3cc(-c4c(OC[C@H]5CCN5)noc4C)ccn3n2)nc(C)n1. The van der Waals surface area contributed by atoms with Gasteiger partial charge in [-0.1, -0.05) is 0 Å². The minimum absolute atomic E-state index is 0.384. The highest BCUT2D eigenvalue weighted by atomic mass is 16.5. The van der Waals surface area contributed by atoms with Crippen LogP contribution in [0.5, 0.6) is 5.88 Å². The molecule has 1 saturated heterocycles. The van der Waals surface area contributed by atoms with Crippen LogP contribution in [-0.4, -0.2) is 43.9 Å². The molecule has 5 rings (SSSR count). The zero-order chi connectivity index (χ0) is 20.7. The summed E-state index contributed by atoms with van der Waals surface area (Å²) in [4.78, 5) is 8.72. The highest BCUT2D eigenvalue weighted by Gasteiger charge is 2.21. The third-order valence-electron chi connectivity index (χ3n) is 5.15. The van der Waals surface area contributed by atoms with Crippen molar-refractivity contribution in [2.45, 2.75) is 33.2 Å². The van der Waals surface area contributed by atoms with Gasteiger partial charge in [0.1, 0.15) is 24.0 Å². The number of hydrogen-bond donors (Lipinski definition) is 2. The molecule has 0 radical (unpaired) electrons. The van der Waals surface area contributed by atoms with Crippen LogP contribution >= 0.6 is 0 Å². The molecule has 0 spiro atoms. The fraction of sp³-hybridized carbons (Fsp3) is 0.333. The van der Waals surface area contributed by atoms with Crippen molar-refractivity contribution in [3.63, 3.8) is 0 Å². The highest BCUT2D eigenvalue weighted by Crippen LogP contribution is 2.34. The lowest BCUT2D eigenvalue weighted by molar-refractivity contribution is 0.202. The normalized spacial score (nSPS) is 15.9. The molecule has 0 aromatic carbocycles. The maximum Gasteiger partial charge on any atom is 0.262 e. The standard InChI is InChI=1S/C21H23N7O2/c1-12-8-18(24-14(3)23-12)25-19-10-17-9-15(5-7-28(17)26-19)20-13(2)30-27-21(20)29-11-16-4-6-22-16/h5,7-10,16,22H,4,6,11H2,1-3H3,(H,23,24,25,26)/t16-/m1/s1. The molecule has 1 fully saturated rings. The monoisotopic (exact) mass is 405 g/mol. The molecule has 0 aliphatic carbocycles. The number of ether oxygens (including phenoxy) is 1. The first-order valence-corrected chi connectivity index (χ1v) is 9.97. The Labute approximate surface area is 173 Å². The maximum absolute atomic E-state index is 5.92. The van der Waals surface area contributed by atoms with Crippen molar-refractivity contribution in [1.82, 2.24) is 30.1 Å². The number of aryl methyl sites for hydroxylation is 3. The molecule has 0 amide bonds. The van der Waals surface area contributed by atoms with Crippen molar-refractivity contribution in [2.75, 3.05) is 18.5 Å². The van der Waals surface area contributed by atoms with Gasteiger partial charge in [-0.2, -0.15) is 5.10 Å². The summed E-state index contributed by atoms with van der Waals surface area (Å²) in [5, 5.41) is 15.3. The Balaban J connectivity index is 1.42. The van der Waals surface area contributed by atoms with Crippen molar-refractivity contribution < 1.29 is 9.26 Å². The fourth-order valence-electron chi connectivity index (χ4n) is 3.57. The third kappa shape index (κ3) is 3.59. The van der Waals surface area contributed by atoms with Crippen LogP contribution in [0, 0.1) is 20.8 Å². The summed E-state index contributed by atoms with van der Waals surface area (Å²) in [6, 6.07) is 8.27. The van der Waals surface area contributed by atoms with Crippen LogP contribution in [0.3, 0.4) is 0 Å². The predicted molar refractivity (Wildman–Crippen MR) is 112 cm³/mol. The molecule has 0 bridgehead atoms. The summed E-state index contributed by atoms with van der Waals surface area (Å²) >= 11 is 0. The van der Waals surface area contributed by atoms with E-state index in [9.17, 15) is 0 Å². The zero-order valence-corrected chi connectivity index (χ0v) is 17.1. The summed E-state index contributed by atoms with van der Waals surface area (Å²) in [5.41, 5.74) is 3.68. The minimum atomic E-state index is 0.384. The summed E-state index contributed by atoms with van der Waals surface area (Å²) < 4.78 is 13.1. The average molecular weight is 405 g/mol. The third-order valence-corrected chi connectivity index (χ3v) is 5.15. The van der Waals surface area contributed by atoms with E-state index >= 15 is 0 Å². The molecule has 4 aromatic rings. The van der Waals surface area contributed by atoms with E-state index in [-0.39, 0.29) is 0 Å². The van der Waals surface area contributed by atoms with E-state index in [1.165, 1.54) is 0 Å². The first-order valence-electron chi connectivity index (χ1n) is 9.97. The second-order valence-electron chi connectivity index (χ2n) is 7.55. The number of fused-ring (bicyclic) bond motifs is 1. The smallest absolute Gasteiger partial charge is 0.262 e. The van der Waals surface area contributed by atoms with Crippen molar-refractivity contribution >= 4 is 17.2 Å². The van der Waals surface area contributed by atoms with Crippen LogP contribution < -0.4 is 15.4 Å². The molecular formula is C21H23N7O2. The largest absolute Gasteiger partial charge is 0.473 e. The topological polar surface area (TPSA) is 102 Å². The fourth-order valence-corrected chi connectivity index (χ4v) is 3.57. The number of anilines is 2. The van der Waals surface area contributed by atoms with E-state index in [4.69, 9.17) is 9.26 Å². The van der Waals surface area contributed by atoms with Gasteiger partial charge in [-0.3, -0.25) is 0 Å². The van der Waals surface area contributed by atoms with Crippen LogP contribution in [0.1, 0.15) is 23.7 Å². The van der Waals surface area contributed by atoms with Crippen molar-refractivity contribution in [3.05, 3.63) is 47.7 Å². The Hall–Kier alpha value is -3.46. The number of pyridine rings is 1. The second kappa shape index (κ2) is 7.42. The molecule has 30 heavy (non-hydrogen) atoms. The lowest BCUT2D eigenvalue weighted by Gasteiger charge is -2.26. The van der Waals surface area contributed by atoms with Crippen molar-refractivity contribution in [2.24, 2.45) is 0 Å². The summed E-state index contributed by atoms with van der Waals surface area (Å²) in [7, 11) is 0. The lowest BCUT2D eigenvalue weighted by atomic mass is 10.1. The van der Waals surface area contributed by atoms with Gasteiger partial charge in [0.05, 0.1) is 11.1 Å². The van der Waals surface area contributed by atoms with E-state index in [1.807, 2.05) is 55.7 Å². The Kier molecular flexibility index (Phi) is 4.59. The van der Waals surface area contributed by atoms with E-state index in [1.54, 1.807) is 0 Å². The Bertz CT molecular complexity index is 1190. The van der Waals surface area contributed by atoms with Gasteiger partial charge in [-0.05, 0) is 56.6 Å². The summed E-state index contributed by atoms with van der Waals surface area (Å²) in [6.45, 7) is 7.33. The Morgan fingerprint density at radius 1 is 1.20 bits per heavy atom. The van der Waals surface area contributed by atoms with Crippen LogP contribution in [0.25, 0.3) is 16.6 Å². The Morgan fingerprint density at radius 3 is 2.83 bits per heavy atom. The van der Waals surface area contributed by atoms with E-state index in [2.05, 4.69) is 30.9 Å². The van der Waals surface area contributed by atoms with Gasteiger partial charge in [-0.15, -0.1) is 0 Å². The molecule has 0 unspecified atom stereocenters. The molecule has 2 N–H and O–H groups in total. The van der Waals surface area contributed by atoms with Crippen molar-refractivity contribution in [3.8, 4) is 17.0 Å². The average Bonchev–Trinajstić information content (AvgIpc) is 3.21. The minimum Gasteiger partial charge on any atom is -0.473 e. The van der Waals surface area contributed by atoms with Gasteiger partial charge in [0, 0.05) is 30.1 Å². The summed E-state index contributed by atoms with van der Waals surface area (Å²) in [5.74, 6) is 3.39. The number of rotatable bonds is 6. The Morgan fingerprint density at radius 2 is 2.07 bits per heavy atom.